The van der Waals surface area contributed by atoms with E-state index in [1.165, 1.54) is 0 Å². The summed E-state index contributed by atoms with van der Waals surface area (Å²) in [6.45, 7) is 0. The van der Waals surface area contributed by atoms with Gasteiger partial charge in [0.25, 0.3) is 0 Å². The van der Waals surface area contributed by atoms with E-state index in [9.17, 15) is 9.59 Å². The summed E-state index contributed by atoms with van der Waals surface area (Å²) in [5.41, 5.74) is -0.201. The Morgan fingerprint density at radius 2 is 1.69 bits per heavy atom. The smallest absolute Gasteiger partial charge is 0.139 e. The molecule has 1 unspecified atom stereocenters. The highest BCUT2D eigenvalue weighted by Gasteiger charge is 2.42. The summed E-state index contributed by atoms with van der Waals surface area (Å²) in [6.07, 6.45) is 7.02. The van der Waals surface area contributed by atoms with Crippen molar-refractivity contribution >= 4 is 11.6 Å². The molecule has 2 aliphatic carbocycles. The van der Waals surface area contributed by atoms with Gasteiger partial charge >= 0.3 is 0 Å². The van der Waals surface area contributed by atoms with Crippen molar-refractivity contribution in [2.24, 2.45) is 5.41 Å². The Morgan fingerprint density at radius 3 is 2.38 bits per heavy atom. The maximum atomic E-state index is 11.8. The number of hydrogen-bond acceptors (Lipinski definition) is 2. The fraction of sp³-hybridized carbons (Fsp3) is 0.818. The van der Waals surface area contributed by atoms with E-state index in [2.05, 4.69) is 0 Å². The van der Waals surface area contributed by atoms with E-state index in [0.29, 0.717) is 30.8 Å². The Bertz CT molecular complexity index is 240. The molecule has 1 spiro atoms. The van der Waals surface area contributed by atoms with E-state index in [-0.39, 0.29) is 5.41 Å². The van der Waals surface area contributed by atoms with Crippen molar-refractivity contribution in [3.63, 3.8) is 0 Å². The van der Waals surface area contributed by atoms with Crippen LogP contribution in [0.25, 0.3) is 0 Å². The molecule has 2 saturated carbocycles. The van der Waals surface area contributed by atoms with Crippen LogP contribution in [0, 0.1) is 5.41 Å². The highest BCUT2D eigenvalue weighted by atomic mass is 16.1. The van der Waals surface area contributed by atoms with Gasteiger partial charge in [-0.2, -0.15) is 0 Å². The van der Waals surface area contributed by atoms with E-state index >= 15 is 0 Å². The molecular weight excluding hydrogens is 164 g/mol. The molecule has 0 aliphatic heterocycles. The third-order valence-corrected chi connectivity index (χ3v) is 3.55. The summed E-state index contributed by atoms with van der Waals surface area (Å²) >= 11 is 0. The zero-order chi connectivity index (χ0) is 9.31. The van der Waals surface area contributed by atoms with Crippen LogP contribution in [0.4, 0.5) is 0 Å². The van der Waals surface area contributed by atoms with Crippen molar-refractivity contribution in [3.8, 4) is 0 Å². The zero-order valence-corrected chi connectivity index (χ0v) is 7.97. The minimum atomic E-state index is -0.201. The summed E-state index contributed by atoms with van der Waals surface area (Å²) < 4.78 is 0. The first kappa shape index (κ1) is 8.92. The summed E-state index contributed by atoms with van der Waals surface area (Å²) in [5, 5.41) is 0. The lowest BCUT2D eigenvalue weighted by Crippen LogP contribution is -2.38. The van der Waals surface area contributed by atoms with E-state index in [1.54, 1.807) is 0 Å². The minimum Gasteiger partial charge on any atom is -0.300 e. The van der Waals surface area contributed by atoms with Crippen LogP contribution in [0.3, 0.4) is 0 Å². The third-order valence-electron chi connectivity index (χ3n) is 3.55. The first-order valence-electron chi connectivity index (χ1n) is 5.28. The fourth-order valence-electron chi connectivity index (χ4n) is 2.78. The Balaban J connectivity index is 2.16. The Kier molecular flexibility index (Phi) is 2.22. The van der Waals surface area contributed by atoms with Crippen molar-refractivity contribution in [2.45, 2.75) is 51.4 Å². The lowest BCUT2D eigenvalue weighted by Gasteiger charge is -2.37. The molecule has 2 aliphatic rings. The first-order valence-corrected chi connectivity index (χ1v) is 5.28. The number of carbonyl (C=O) groups excluding carboxylic acids is 2. The molecule has 2 rings (SSSR count). The number of Topliss-reactive ketones (excluding diaryl/α,β-unsaturated/α-hetero) is 2. The van der Waals surface area contributed by atoms with E-state index in [4.69, 9.17) is 0 Å². The Morgan fingerprint density at radius 1 is 0.923 bits per heavy atom. The van der Waals surface area contributed by atoms with E-state index in [1.807, 2.05) is 0 Å². The highest BCUT2D eigenvalue weighted by Crippen LogP contribution is 2.43. The van der Waals surface area contributed by atoms with E-state index < -0.39 is 0 Å². The molecule has 0 aromatic rings. The standard InChI is InChI=1S/C11H16O2/c12-9-4-3-7-11(8-9)6-2-1-5-10(11)13/h1-8H2. The van der Waals surface area contributed by atoms with Gasteiger partial charge in [0.05, 0.1) is 0 Å². The predicted molar refractivity (Wildman–Crippen MR) is 49.4 cm³/mol. The number of carbonyl (C=O) groups is 2. The van der Waals surface area contributed by atoms with Crippen LogP contribution in [0.15, 0.2) is 0 Å². The second kappa shape index (κ2) is 3.24. The van der Waals surface area contributed by atoms with Crippen molar-refractivity contribution < 1.29 is 9.59 Å². The molecular formula is C11H16O2. The lowest BCUT2D eigenvalue weighted by molar-refractivity contribution is -0.139. The van der Waals surface area contributed by atoms with Crippen molar-refractivity contribution in [2.75, 3.05) is 0 Å². The van der Waals surface area contributed by atoms with Gasteiger partial charge in [0, 0.05) is 24.7 Å². The van der Waals surface area contributed by atoms with Gasteiger partial charge in [-0.25, -0.2) is 0 Å². The maximum Gasteiger partial charge on any atom is 0.139 e. The Hall–Kier alpha value is -0.660. The fourth-order valence-corrected chi connectivity index (χ4v) is 2.78. The first-order chi connectivity index (χ1) is 6.23. The SMILES string of the molecule is O=C1CCCC2(CCCCC2=O)C1. The predicted octanol–water partition coefficient (Wildman–Crippen LogP) is 2.26. The van der Waals surface area contributed by atoms with Gasteiger partial charge in [0.15, 0.2) is 0 Å². The lowest BCUT2D eigenvalue weighted by atomic mass is 9.64. The molecule has 0 heterocycles. The monoisotopic (exact) mass is 180 g/mol. The van der Waals surface area contributed by atoms with Crippen molar-refractivity contribution in [3.05, 3.63) is 0 Å². The summed E-state index contributed by atoms with van der Waals surface area (Å²) in [7, 11) is 0. The van der Waals surface area contributed by atoms with Gasteiger partial charge in [-0.05, 0) is 25.7 Å². The van der Waals surface area contributed by atoms with Gasteiger partial charge < -0.3 is 0 Å². The second-order valence-electron chi connectivity index (χ2n) is 4.48. The van der Waals surface area contributed by atoms with Crippen molar-refractivity contribution in [1.29, 1.82) is 0 Å². The molecule has 0 amide bonds. The molecule has 0 radical (unpaired) electrons. The van der Waals surface area contributed by atoms with Gasteiger partial charge in [-0.3, -0.25) is 9.59 Å². The summed E-state index contributed by atoms with van der Waals surface area (Å²) in [4.78, 5) is 23.1. The van der Waals surface area contributed by atoms with E-state index in [0.717, 1.165) is 32.1 Å². The average Bonchev–Trinajstić information content (AvgIpc) is 2.11. The molecule has 0 aromatic carbocycles. The van der Waals surface area contributed by atoms with Crippen LogP contribution >= 0.6 is 0 Å². The van der Waals surface area contributed by atoms with Crippen LogP contribution in [0.2, 0.25) is 0 Å². The average molecular weight is 180 g/mol. The number of ketones is 2. The number of hydrogen-bond donors (Lipinski definition) is 0. The molecule has 0 N–H and O–H groups in total. The molecule has 2 heteroatoms. The van der Waals surface area contributed by atoms with Gasteiger partial charge in [0.2, 0.25) is 0 Å². The maximum absolute atomic E-state index is 11.8. The van der Waals surface area contributed by atoms with Crippen molar-refractivity contribution in [1.82, 2.24) is 0 Å². The van der Waals surface area contributed by atoms with Crippen LogP contribution in [0.1, 0.15) is 51.4 Å². The molecule has 0 bridgehead atoms. The quantitative estimate of drug-likeness (QED) is 0.573. The zero-order valence-electron chi connectivity index (χ0n) is 7.97. The van der Waals surface area contributed by atoms with Gasteiger partial charge in [0.1, 0.15) is 11.6 Å². The summed E-state index contributed by atoms with van der Waals surface area (Å²) in [5.74, 6) is 0.674. The molecule has 0 aromatic heterocycles. The van der Waals surface area contributed by atoms with Gasteiger partial charge in [-0.15, -0.1) is 0 Å². The summed E-state index contributed by atoms with van der Waals surface area (Å²) in [6, 6.07) is 0. The number of rotatable bonds is 0. The topological polar surface area (TPSA) is 34.1 Å². The second-order valence-corrected chi connectivity index (χ2v) is 4.48. The molecule has 0 saturated heterocycles. The van der Waals surface area contributed by atoms with Crippen LogP contribution < -0.4 is 0 Å². The molecule has 2 fully saturated rings. The molecule has 13 heavy (non-hydrogen) atoms. The van der Waals surface area contributed by atoms with Crippen LogP contribution in [-0.4, -0.2) is 11.6 Å². The van der Waals surface area contributed by atoms with Gasteiger partial charge in [-0.1, -0.05) is 6.42 Å². The van der Waals surface area contributed by atoms with Crippen LogP contribution in [-0.2, 0) is 9.59 Å². The third kappa shape index (κ3) is 1.54. The molecule has 1 atom stereocenters. The minimum absolute atomic E-state index is 0.201. The largest absolute Gasteiger partial charge is 0.300 e. The normalized spacial score (nSPS) is 35.4. The highest BCUT2D eigenvalue weighted by molar-refractivity contribution is 5.92. The Labute approximate surface area is 78.7 Å². The van der Waals surface area contributed by atoms with Crippen LogP contribution in [0.5, 0.6) is 0 Å². The molecule has 72 valence electrons. The molecule has 2 nitrogen and oxygen atoms in total.